The lowest BCUT2D eigenvalue weighted by Crippen LogP contribution is -2.34. The van der Waals surface area contributed by atoms with Crippen LogP contribution in [-0.4, -0.2) is 38.8 Å². The maximum atomic E-state index is 11.6. The van der Waals surface area contributed by atoms with E-state index in [9.17, 15) is 8.42 Å². The molecule has 0 saturated heterocycles. The lowest BCUT2D eigenvalue weighted by Gasteiger charge is -2.22. The number of rotatable bonds is 8. The van der Waals surface area contributed by atoms with Gasteiger partial charge in [-0.15, -0.1) is 0 Å². The van der Waals surface area contributed by atoms with Crippen molar-refractivity contribution in [1.82, 2.24) is 4.72 Å². The van der Waals surface area contributed by atoms with E-state index in [2.05, 4.69) is 41.4 Å². The van der Waals surface area contributed by atoms with Crippen LogP contribution in [0.1, 0.15) is 34.1 Å². The summed E-state index contributed by atoms with van der Waals surface area (Å²) in [5, 5.41) is 0. The molecule has 17 heavy (non-hydrogen) atoms. The number of nitrogens with one attached hydrogen (secondary N) is 1. The third-order valence-electron chi connectivity index (χ3n) is 2.06. The molecule has 0 rings (SSSR count). The molecule has 0 aromatic heterocycles. The standard InChI is InChI=1S/C11H24BrNO3S/c1-5-16-6-7-17(14,15)13-9-10(12)8-11(2,3)4/h10,13H,5-9H2,1-4H3. The van der Waals surface area contributed by atoms with Gasteiger partial charge in [0.2, 0.25) is 10.0 Å². The van der Waals surface area contributed by atoms with Gasteiger partial charge in [0.1, 0.15) is 0 Å². The van der Waals surface area contributed by atoms with Gasteiger partial charge in [0.15, 0.2) is 0 Å². The summed E-state index contributed by atoms with van der Waals surface area (Å²) < 4.78 is 30.7. The summed E-state index contributed by atoms with van der Waals surface area (Å²) in [6.07, 6.45) is 0.918. The Labute approximate surface area is 114 Å². The van der Waals surface area contributed by atoms with Gasteiger partial charge in [-0.1, -0.05) is 36.7 Å². The fourth-order valence-electron chi connectivity index (χ4n) is 1.34. The molecule has 4 nitrogen and oxygen atoms in total. The SMILES string of the molecule is CCOCCS(=O)(=O)NCC(Br)CC(C)(C)C. The Morgan fingerprint density at radius 3 is 2.41 bits per heavy atom. The van der Waals surface area contributed by atoms with Crippen LogP contribution in [0.15, 0.2) is 0 Å². The summed E-state index contributed by atoms with van der Waals surface area (Å²) in [5.74, 6) is 0.0239. The molecule has 1 unspecified atom stereocenters. The predicted molar refractivity (Wildman–Crippen MR) is 75.1 cm³/mol. The van der Waals surface area contributed by atoms with E-state index in [-0.39, 0.29) is 22.6 Å². The summed E-state index contributed by atoms with van der Waals surface area (Å²) in [6.45, 7) is 9.45. The van der Waals surface area contributed by atoms with Gasteiger partial charge in [-0.25, -0.2) is 13.1 Å². The Morgan fingerprint density at radius 2 is 1.94 bits per heavy atom. The Kier molecular flexibility index (Phi) is 7.87. The highest BCUT2D eigenvalue weighted by molar-refractivity contribution is 9.09. The molecule has 0 aliphatic rings. The van der Waals surface area contributed by atoms with Crippen molar-refractivity contribution >= 4 is 26.0 Å². The highest BCUT2D eigenvalue weighted by Gasteiger charge is 2.18. The van der Waals surface area contributed by atoms with Crippen molar-refractivity contribution < 1.29 is 13.2 Å². The summed E-state index contributed by atoms with van der Waals surface area (Å²) >= 11 is 3.49. The van der Waals surface area contributed by atoms with E-state index in [1.54, 1.807) is 0 Å². The van der Waals surface area contributed by atoms with Gasteiger partial charge in [0.25, 0.3) is 0 Å². The number of alkyl halides is 1. The molecule has 104 valence electrons. The van der Waals surface area contributed by atoms with Gasteiger partial charge in [-0.3, -0.25) is 0 Å². The maximum Gasteiger partial charge on any atom is 0.213 e. The molecule has 0 saturated carbocycles. The first-order valence-corrected chi connectivity index (χ1v) is 8.42. The van der Waals surface area contributed by atoms with Gasteiger partial charge >= 0.3 is 0 Å². The van der Waals surface area contributed by atoms with Crippen molar-refractivity contribution in [3.05, 3.63) is 0 Å². The largest absolute Gasteiger partial charge is 0.381 e. The summed E-state index contributed by atoms with van der Waals surface area (Å²) in [5.41, 5.74) is 0.185. The van der Waals surface area contributed by atoms with Crippen LogP contribution in [-0.2, 0) is 14.8 Å². The fourth-order valence-corrected chi connectivity index (χ4v) is 3.62. The molecule has 0 fully saturated rings. The first-order chi connectivity index (χ1) is 7.66. The monoisotopic (exact) mass is 329 g/mol. The third kappa shape index (κ3) is 11.2. The Hall–Kier alpha value is 0.350. The topological polar surface area (TPSA) is 55.4 Å². The molecule has 0 aromatic carbocycles. The van der Waals surface area contributed by atoms with E-state index in [0.717, 1.165) is 6.42 Å². The van der Waals surface area contributed by atoms with Crippen LogP contribution in [0.25, 0.3) is 0 Å². The Balaban J connectivity index is 3.93. The number of sulfonamides is 1. The minimum atomic E-state index is -3.21. The average molecular weight is 330 g/mol. The minimum absolute atomic E-state index is 0.0239. The smallest absolute Gasteiger partial charge is 0.213 e. The van der Waals surface area contributed by atoms with E-state index in [4.69, 9.17) is 4.74 Å². The van der Waals surface area contributed by atoms with Crippen LogP contribution in [0.5, 0.6) is 0 Å². The number of ether oxygens (including phenoxy) is 1. The second kappa shape index (κ2) is 7.71. The summed E-state index contributed by atoms with van der Waals surface area (Å²) in [7, 11) is -3.21. The molecule has 0 spiro atoms. The quantitative estimate of drug-likeness (QED) is 0.548. The van der Waals surface area contributed by atoms with E-state index in [1.807, 2.05) is 6.92 Å². The van der Waals surface area contributed by atoms with Crippen LogP contribution in [0.3, 0.4) is 0 Å². The molecule has 0 aliphatic carbocycles. The predicted octanol–water partition coefficient (Wildman–Crippen LogP) is 2.14. The zero-order chi connectivity index (χ0) is 13.5. The Bertz CT molecular complexity index is 298. The van der Waals surface area contributed by atoms with Crippen LogP contribution < -0.4 is 4.72 Å². The normalized spacial score (nSPS) is 14.9. The highest BCUT2D eigenvalue weighted by Crippen LogP contribution is 2.24. The minimum Gasteiger partial charge on any atom is -0.381 e. The molecule has 0 amide bonds. The van der Waals surface area contributed by atoms with Crippen LogP contribution in [0.2, 0.25) is 0 Å². The van der Waals surface area contributed by atoms with Crippen molar-refractivity contribution in [1.29, 1.82) is 0 Å². The molecule has 1 atom stereocenters. The van der Waals surface area contributed by atoms with Crippen LogP contribution >= 0.6 is 15.9 Å². The van der Waals surface area contributed by atoms with Crippen LogP contribution in [0.4, 0.5) is 0 Å². The molecule has 0 heterocycles. The molecule has 0 radical (unpaired) electrons. The highest BCUT2D eigenvalue weighted by atomic mass is 79.9. The zero-order valence-corrected chi connectivity index (χ0v) is 13.5. The summed E-state index contributed by atoms with van der Waals surface area (Å²) in [4.78, 5) is 0.157. The van der Waals surface area contributed by atoms with Gasteiger partial charge in [-0.2, -0.15) is 0 Å². The van der Waals surface area contributed by atoms with Gasteiger partial charge < -0.3 is 4.74 Å². The molecule has 0 aromatic rings. The molecule has 6 heteroatoms. The van der Waals surface area contributed by atoms with E-state index >= 15 is 0 Å². The zero-order valence-electron chi connectivity index (χ0n) is 11.1. The molecular formula is C11H24BrNO3S. The number of halogens is 1. The molecular weight excluding hydrogens is 306 g/mol. The molecule has 0 bridgehead atoms. The van der Waals surface area contributed by atoms with E-state index in [1.165, 1.54) is 0 Å². The number of hydrogen-bond donors (Lipinski definition) is 1. The Morgan fingerprint density at radius 1 is 1.35 bits per heavy atom. The second-order valence-electron chi connectivity index (χ2n) is 5.23. The van der Waals surface area contributed by atoms with Crippen molar-refractivity contribution in [3.8, 4) is 0 Å². The molecule has 0 aliphatic heterocycles. The van der Waals surface area contributed by atoms with Gasteiger partial charge in [0, 0.05) is 18.0 Å². The average Bonchev–Trinajstić information content (AvgIpc) is 2.13. The summed E-state index contributed by atoms with van der Waals surface area (Å²) in [6, 6.07) is 0. The second-order valence-corrected chi connectivity index (χ2v) is 8.45. The van der Waals surface area contributed by atoms with Crippen molar-refractivity contribution in [2.75, 3.05) is 25.5 Å². The van der Waals surface area contributed by atoms with Crippen molar-refractivity contribution in [3.63, 3.8) is 0 Å². The third-order valence-corrected chi connectivity index (χ3v) is 4.02. The lowest BCUT2D eigenvalue weighted by atomic mass is 9.91. The van der Waals surface area contributed by atoms with E-state index in [0.29, 0.717) is 13.2 Å². The van der Waals surface area contributed by atoms with Crippen molar-refractivity contribution in [2.45, 2.75) is 38.9 Å². The fraction of sp³-hybridized carbons (Fsp3) is 1.00. The molecule has 1 N–H and O–H groups in total. The lowest BCUT2D eigenvalue weighted by molar-refractivity contribution is 0.163. The number of hydrogen-bond acceptors (Lipinski definition) is 3. The van der Waals surface area contributed by atoms with E-state index < -0.39 is 10.0 Å². The first-order valence-electron chi connectivity index (χ1n) is 5.85. The van der Waals surface area contributed by atoms with Gasteiger partial charge in [-0.05, 0) is 18.8 Å². The first kappa shape index (κ1) is 17.4. The van der Waals surface area contributed by atoms with Gasteiger partial charge in [0.05, 0.1) is 12.4 Å². The van der Waals surface area contributed by atoms with Crippen LogP contribution in [0, 0.1) is 5.41 Å². The maximum absolute atomic E-state index is 11.6. The van der Waals surface area contributed by atoms with Crippen molar-refractivity contribution in [2.24, 2.45) is 5.41 Å².